The number of hydrogen-bond acceptors (Lipinski definition) is 4. The molecule has 0 amide bonds. The summed E-state index contributed by atoms with van der Waals surface area (Å²) in [5, 5.41) is 3.08. The number of aromatic nitrogens is 2. The van der Waals surface area contributed by atoms with Gasteiger partial charge in [0.05, 0.1) is 12.8 Å². The largest absolute Gasteiger partial charge is 0.496 e. The summed E-state index contributed by atoms with van der Waals surface area (Å²) in [4.78, 5) is 8.22. The fraction of sp³-hybridized carbons (Fsp3) is 0.231. The number of methoxy groups -OCH3 is 1. The van der Waals surface area contributed by atoms with Gasteiger partial charge in [-0.3, -0.25) is 0 Å². The van der Waals surface area contributed by atoms with Gasteiger partial charge >= 0.3 is 0 Å². The summed E-state index contributed by atoms with van der Waals surface area (Å²) in [7, 11) is 1.54. The molecule has 2 rings (SSSR count). The van der Waals surface area contributed by atoms with Crippen molar-refractivity contribution in [1.82, 2.24) is 9.97 Å². The Hall–Kier alpha value is -2.17. The van der Waals surface area contributed by atoms with Crippen LogP contribution in [0.5, 0.6) is 5.75 Å². The molecule has 18 heavy (non-hydrogen) atoms. The molecule has 2 aromatic rings. The lowest BCUT2D eigenvalue weighted by molar-refractivity contribution is 0.415. The minimum absolute atomic E-state index is 0.325. The van der Waals surface area contributed by atoms with E-state index in [1.165, 1.54) is 18.5 Å². The molecule has 1 heterocycles. The van der Waals surface area contributed by atoms with E-state index in [-0.39, 0.29) is 5.82 Å². The normalized spacial score (nSPS) is 10.2. The summed E-state index contributed by atoms with van der Waals surface area (Å²) in [6.07, 6.45) is 1.44. The van der Waals surface area contributed by atoms with Crippen LogP contribution in [-0.2, 0) is 0 Å². The highest BCUT2D eigenvalue weighted by atomic mass is 19.1. The second-order valence-corrected chi connectivity index (χ2v) is 3.66. The van der Waals surface area contributed by atoms with Gasteiger partial charge in [-0.25, -0.2) is 14.4 Å². The SMILES string of the molecule is CCNc1cc(-c2cc(F)ccc2OC)ncn1. The third kappa shape index (κ3) is 2.56. The maximum absolute atomic E-state index is 13.3. The lowest BCUT2D eigenvalue weighted by atomic mass is 10.1. The second kappa shape index (κ2) is 5.44. The van der Waals surface area contributed by atoms with Crippen molar-refractivity contribution in [3.05, 3.63) is 36.4 Å². The first-order chi connectivity index (χ1) is 8.74. The van der Waals surface area contributed by atoms with Crippen LogP contribution in [0.3, 0.4) is 0 Å². The van der Waals surface area contributed by atoms with E-state index >= 15 is 0 Å². The zero-order valence-corrected chi connectivity index (χ0v) is 10.3. The first kappa shape index (κ1) is 12.3. The lowest BCUT2D eigenvalue weighted by Gasteiger charge is -2.09. The molecule has 0 bridgehead atoms. The standard InChI is InChI=1S/C13H14FN3O/c1-3-15-13-7-11(16-8-17-13)10-6-9(14)4-5-12(10)18-2/h4-8H,3H2,1-2H3,(H,15,16,17). The number of halogens is 1. The molecule has 1 N–H and O–H groups in total. The molecular formula is C13H14FN3O. The summed E-state index contributed by atoms with van der Waals surface area (Å²) in [6, 6.07) is 6.10. The molecule has 1 aromatic heterocycles. The molecule has 0 saturated carbocycles. The highest BCUT2D eigenvalue weighted by Crippen LogP contribution is 2.29. The average Bonchev–Trinajstić information content (AvgIpc) is 2.39. The van der Waals surface area contributed by atoms with Crippen molar-refractivity contribution in [3.8, 4) is 17.0 Å². The summed E-state index contributed by atoms with van der Waals surface area (Å²) >= 11 is 0. The van der Waals surface area contributed by atoms with Crippen LogP contribution in [0.1, 0.15) is 6.92 Å². The Bertz CT molecular complexity index is 546. The molecule has 5 heteroatoms. The fourth-order valence-electron chi connectivity index (χ4n) is 1.66. The van der Waals surface area contributed by atoms with Gasteiger partial charge in [-0.1, -0.05) is 0 Å². The molecule has 0 saturated heterocycles. The van der Waals surface area contributed by atoms with Crippen LogP contribution in [0.25, 0.3) is 11.3 Å². The number of nitrogens with one attached hydrogen (secondary N) is 1. The van der Waals surface area contributed by atoms with Crippen molar-refractivity contribution in [3.63, 3.8) is 0 Å². The Kier molecular flexibility index (Phi) is 3.72. The van der Waals surface area contributed by atoms with Crippen LogP contribution >= 0.6 is 0 Å². The third-order valence-corrected chi connectivity index (χ3v) is 2.46. The number of rotatable bonds is 4. The van der Waals surface area contributed by atoms with E-state index in [9.17, 15) is 4.39 Å². The predicted molar refractivity (Wildman–Crippen MR) is 68.1 cm³/mol. The quantitative estimate of drug-likeness (QED) is 0.902. The molecule has 0 radical (unpaired) electrons. The Labute approximate surface area is 105 Å². The fourth-order valence-corrected chi connectivity index (χ4v) is 1.66. The number of benzene rings is 1. The van der Waals surface area contributed by atoms with Gasteiger partial charge < -0.3 is 10.1 Å². The molecule has 0 unspecified atom stereocenters. The van der Waals surface area contributed by atoms with Gasteiger partial charge in [-0.2, -0.15) is 0 Å². The second-order valence-electron chi connectivity index (χ2n) is 3.66. The molecule has 1 aromatic carbocycles. The van der Waals surface area contributed by atoms with E-state index in [0.29, 0.717) is 22.8 Å². The maximum atomic E-state index is 13.3. The minimum Gasteiger partial charge on any atom is -0.496 e. The number of hydrogen-bond donors (Lipinski definition) is 1. The topological polar surface area (TPSA) is 47.0 Å². The van der Waals surface area contributed by atoms with Gasteiger partial charge in [0.25, 0.3) is 0 Å². The molecule has 0 aliphatic carbocycles. The van der Waals surface area contributed by atoms with E-state index in [4.69, 9.17) is 4.74 Å². The Morgan fingerprint density at radius 2 is 2.11 bits per heavy atom. The molecular weight excluding hydrogens is 233 g/mol. The lowest BCUT2D eigenvalue weighted by Crippen LogP contribution is -2.00. The van der Waals surface area contributed by atoms with E-state index in [1.807, 2.05) is 6.92 Å². The van der Waals surface area contributed by atoms with Crippen molar-refractivity contribution in [2.45, 2.75) is 6.92 Å². The number of ether oxygens (including phenoxy) is 1. The first-order valence-electron chi connectivity index (χ1n) is 5.64. The van der Waals surface area contributed by atoms with Crippen LogP contribution in [0.2, 0.25) is 0 Å². The van der Waals surface area contributed by atoms with Gasteiger partial charge in [0, 0.05) is 18.2 Å². The zero-order chi connectivity index (χ0) is 13.0. The molecule has 94 valence electrons. The van der Waals surface area contributed by atoms with Gasteiger partial charge in [-0.05, 0) is 25.1 Å². The average molecular weight is 247 g/mol. The molecule has 0 fully saturated rings. The van der Waals surface area contributed by atoms with E-state index in [0.717, 1.165) is 6.54 Å². The van der Waals surface area contributed by atoms with Gasteiger partial charge in [0.15, 0.2) is 0 Å². The molecule has 0 aliphatic rings. The van der Waals surface area contributed by atoms with Gasteiger partial charge in [-0.15, -0.1) is 0 Å². The predicted octanol–water partition coefficient (Wildman–Crippen LogP) is 2.72. The molecule has 0 atom stereocenters. The van der Waals surface area contributed by atoms with Crippen molar-refractivity contribution in [1.29, 1.82) is 0 Å². The van der Waals surface area contributed by atoms with Crippen LogP contribution in [0.15, 0.2) is 30.6 Å². The highest BCUT2D eigenvalue weighted by molar-refractivity contribution is 5.69. The van der Waals surface area contributed by atoms with E-state index < -0.39 is 0 Å². The molecule has 4 nitrogen and oxygen atoms in total. The van der Waals surface area contributed by atoms with Crippen LogP contribution in [0, 0.1) is 5.82 Å². The van der Waals surface area contributed by atoms with Crippen LogP contribution in [-0.4, -0.2) is 23.6 Å². The number of anilines is 1. The Morgan fingerprint density at radius 1 is 1.28 bits per heavy atom. The van der Waals surface area contributed by atoms with E-state index in [1.54, 1.807) is 19.2 Å². The summed E-state index contributed by atoms with van der Waals surface area (Å²) < 4.78 is 18.5. The minimum atomic E-state index is -0.325. The molecule has 0 aliphatic heterocycles. The Balaban J connectivity index is 2.47. The van der Waals surface area contributed by atoms with Gasteiger partial charge in [0.1, 0.15) is 23.7 Å². The van der Waals surface area contributed by atoms with E-state index in [2.05, 4.69) is 15.3 Å². The highest BCUT2D eigenvalue weighted by Gasteiger charge is 2.09. The smallest absolute Gasteiger partial charge is 0.129 e. The summed E-state index contributed by atoms with van der Waals surface area (Å²) in [5.41, 5.74) is 1.23. The third-order valence-electron chi connectivity index (χ3n) is 2.46. The monoisotopic (exact) mass is 247 g/mol. The van der Waals surface area contributed by atoms with Crippen molar-refractivity contribution >= 4 is 5.82 Å². The Morgan fingerprint density at radius 3 is 2.83 bits per heavy atom. The maximum Gasteiger partial charge on any atom is 0.129 e. The summed E-state index contributed by atoms with van der Waals surface area (Å²) in [6.45, 7) is 2.74. The van der Waals surface area contributed by atoms with Crippen molar-refractivity contribution in [2.75, 3.05) is 19.0 Å². The van der Waals surface area contributed by atoms with Crippen LogP contribution < -0.4 is 10.1 Å². The van der Waals surface area contributed by atoms with Crippen LogP contribution in [0.4, 0.5) is 10.2 Å². The van der Waals surface area contributed by atoms with Crippen molar-refractivity contribution in [2.24, 2.45) is 0 Å². The number of nitrogens with zero attached hydrogens (tertiary/aromatic N) is 2. The van der Waals surface area contributed by atoms with Gasteiger partial charge in [0.2, 0.25) is 0 Å². The molecule has 0 spiro atoms. The van der Waals surface area contributed by atoms with Crippen molar-refractivity contribution < 1.29 is 9.13 Å². The first-order valence-corrected chi connectivity index (χ1v) is 5.64. The summed E-state index contributed by atoms with van der Waals surface area (Å²) in [5.74, 6) is 0.959. The zero-order valence-electron chi connectivity index (χ0n) is 10.3.